The van der Waals surface area contributed by atoms with Gasteiger partial charge in [-0.3, -0.25) is 14.3 Å². The fourth-order valence-electron chi connectivity index (χ4n) is 8.15. The van der Waals surface area contributed by atoms with Crippen LogP contribution in [-0.2, 0) is 33.3 Å². The van der Waals surface area contributed by atoms with Crippen LogP contribution in [0.4, 0.5) is 4.39 Å². The number of hydrogen-bond acceptors (Lipinski definition) is 10. The van der Waals surface area contributed by atoms with Crippen LogP contribution in [0.25, 0.3) is 0 Å². The van der Waals surface area contributed by atoms with Crippen molar-refractivity contribution in [2.45, 2.75) is 69.9 Å². The Bertz CT molecular complexity index is 962. The van der Waals surface area contributed by atoms with Crippen LogP contribution in [0, 0.1) is 34.0 Å². The minimum atomic E-state index is -2.45. The van der Waals surface area contributed by atoms with Crippen LogP contribution in [0.5, 0.6) is 0 Å². The van der Waals surface area contributed by atoms with E-state index in [1.807, 2.05) is 0 Å². The molecule has 4 heterocycles. The van der Waals surface area contributed by atoms with Gasteiger partial charge in [-0.2, -0.15) is 0 Å². The number of aliphatic hydroxyl groups excluding tert-OH is 2. The average Bonchev–Trinajstić information content (AvgIpc) is 3.34. The van der Waals surface area contributed by atoms with Gasteiger partial charge in [-0.15, -0.1) is 0 Å². The molecule has 6 rings (SSSR count). The van der Waals surface area contributed by atoms with Crippen molar-refractivity contribution in [1.29, 1.82) is 0 Å². The summed E-state index contributed by atoms with van der Waals surface area (Å²) < 4.78 is 38.3. The van der Waals surface area contributed by atoms with Gasteiger partial charge in [0.1, 0.15) is 23.6 Å². The summed E-state index contributed by atoms with van der Waals surface area (Å²) in [6.45, 7) is 6.34. The Kier molecular flexibility index (Phi) is 3.14. The molecule has 0 bridgehead atoms. The van der Waals surface area contributed by atoms with Crippen LogP contribution < -0.4 is 0 Å². The highest BCUT2D eigenvalue weighted by Crippen LogP contribution is 2.86. The Morgan fingerprint density at radius 2 is 1.68 bits per heavy atom. The Balaban J connectivity index is 1.74. The molecule has 4 saturated heterocycles. The van der Waals surface area contributed by atoms with E-state index in [2.05, 4.69) is 0 Å². The van der Waals surface area contributed by atoms with Crippen LogP contribution in [0.3, 0.4) is 0 Å². The topological polar surface area (TPSA) is 149 Å². The van der Waals surface area contributed by atoms with Gasteiger partial charge < -0.3 is 29.5 Å². The predicted molar refractivity (Wildman–Crippen MR) is 92.0 cm³/mol. The zero-order valence-corrected chi connectivity index (χ0v) is 17.2. The highest BCUT2D eigenvalue weighted by molar-refractivity contribution is 5.87. The Morgan fingerprint density at radius 1 is 1.03 bits per heavy atom. The lowest BCUT2D eigenvalue weighted by molar-refractivity contribution is -0.324. The van der Waals surface area contributed by atoms with Gasteiger partial charge in [0, 0.05) is 5.92 Å². The number of alkyl halides is 1. The van der Waals surface area contributed by atoms with E-state index >= 15 is 4.39 Å². The molecule has 0 aromatic heterocycles. The van der Waals surface area contributed by atoms with E-state index in [9.17, 15) is 29.7 Å². The third-order valence-corrected chi connectivity index (χ3v) is 8.87. The summed E-state index contributed by atoms with van der Waals surface area (Å²) in [4.78, 5) is 37.9. The molecule has 170 valence electrons. The van der Waals surface area contributed by atoms with Crippen molar-refractivity contribution in [2.75, 3.05) is 0 Å². The molecule has 2 aliphatic carbocycles. The van der Waals surface area contributed by atoms with Gasteiger partial charge in [0.15, 0.2) is 17.8 Å². The molecule has 10 nitrogen and oxygen atoms in total. The molecule has 4 aliphatic heterocycles. The number of ether oxygens (including phenoxy) is 4. The fourth-order valence-corrected chi connectivity index (χ4v) is 8.15. The van der Waals surface area contributed by atoms with Crippen molar-refractivity contribution >= 4 is 17.9 Å². The minimum absolute atomic E-state index is 0.857. The first-order chi connectivity index (χ1) is 14.3. The second-order valence-electron chi connectivity index (χ2n) is 10.7. The number of esters is 3. The normalized spacial score (nSPS) is 61.0. The number of aliphatic hydroxyl groups is 3. The Hall–Kier alpha value is -1.82. The molecular formula is C20H23FO10. The highest BCUT2D eigenvalue weighted by atomic mass is 19.1. The predicted octanol–water partition coefficient (Wildman–Crippen LogP) is -1.22. The Morgan fingerprint density at radius 3 is 2.29 bits per heavy atom. The number of hydrogen-bond donors (Lipinski definition) is 3. The second kappa shape index (κ2) is 4.90. The molecule has 2 saturated carbocycles. The summed E-state index contributed by atoms with van der Waals surface area (Å²) in [5, 5.41) is 34.5. The minimum Gasteiger partial charge on any atom is -0.456 e. The number of halogens is 1. The lowest BCUT2D eigenvalue weighted by Crippen LogP contribution is -2.64. The molecule has 0 radical (unpaired) electrons. The third kappa shape index (κ3) is 1.46. The second-order valence-corrected chi connectivity index (χ2v) is 10.7. The molecule has 31 heavy (non-hydrogen) atoms. The molecule has 12 atom stereocenters. The number of rotatable bonds is 0. The standard InChI is InChI=1S/C20H23FO10/c1-5-12(24)28-11-9(22)18-6-7(21)8(16(2,3)4)17(18)10(23)14(26)29-15(17)31-20(18,19(5,11)27)30-13(6)25/h5-11,15,22-23,27H,1-4H3/t5-,6+,7-,8+,9+,10+,11+,15+,17+,18+,19-,20+/m1/s1. The molecule has 0 aromatic carbocycles. The van der Waals surface area contributed by atoms with Crippen molar-refractivity contribution in [3.63, 3.8) is 0 Å². The van der Waals surface area contributed by atoms with Gasteiger partial charge in [-0.25, -0.2) is 9.18 Å². The molecule has 0 unspecified atom stereocenters. The van der Waals surface area contributed by atoms with E-state index in [0.29, 0.717) is 0 Å². The lowest BCUT2D eigenvalue weighted by Gasteiger charge is -2.47. The first kappa shape index (κ1) is 19.8. The summed E-state index contributed by atoms with van der Waals surface area (Å²) in [6.07, 6.45) is -9.03. The zero-order valence-electron chi connectivity index (χ0n) is 17.2. The average molecular weight is 442 g/mol. The molecule has 3 N–H and O–H groups in total. The third-order valence-electron chi connectivity index (χ3n) is 8.87. The van der Waals surface area contributed by atoms with Gasteiger partial charge in [-0.05, 0) is 12.3 Å². The summed E-state index contributed by atoms with van der Waals surface area (Å²) in [7, 11) is 0. The van der Waals surface area contributed by atoms with Gasteiger partial charge in [-0.1, -0.05) is 20.8 Å². The fraction of sp³-hybridized carbons (Fsp3) is 0.850. The van der Waals surface area contributed by atoms with Crippen LogP contribution in [-0.4, -0.2) is 75.4 Å². The van der Waals surface area contributed by atoms with Crippen molar-refractivity contribution in [1.82, 2.24) is 0 Å². The van der Waals surface area contributed by atoms with Crippen molar-refractivity contribution in [3.8, 4) is 0 Å². The van der Waals surface area contributed by atoms with E-state index in [1.54, 1.807) is 20.8 Å². The van der Waals surface area contributed by atoms with E-state index in [0.717, 1.165) is 0 Å². The molecular weight excluding hydrogens is 419 g/mol. The van der Waals surface area contributed by atoms with Gasteiger partial charge in [0.05, 0.1) is 11.3 Å². The SMILES string of the molecule is C[C@@H]1C(=O)O[C@H]2[C@H](O)[C@]34[C@@H]5C(=O)O[C@@]3(O[C@@H]3OC(=O)[C@H](O)[C@@]34[C@H](C(C)(C)C)[C@@H]5F)[C@@]12O. The van der Waals surface area contributed by atoms with Crippen molar-refractivity contribution < 1.29 is 53.0 Å². The highest BCUT2D eigenvalue weighted by Gasteiger charge is 3.05. The van der Waals surface area contributed by atoms with E-state index in [4.69, 9.17) is 18.9 Å². The number of fused-ring (bicyclic) bond motifs is 1. The maximum absolute atomic E-state index is 16.2. The van der Waals surface area contributed by atoms with Crippen LogP contribution in [0.15, 0.2) is 0 Å². The number of carbonyl (C=O) groups excluding carboxylic acids is 3. The molecule has 11 heteroatoms. The van der Waals surface area contributed by atoms with Crippen LogP contribution in [0.2, 0.25) is 0 Å². The van der Waals surface area contributed by atoms with Crippen LogP contribution in [0.1, 0.15) is 27.7 Å². The molecule has 6 aliphatic rings. The first-order valence-electron chi connectivity index (χ1n) is 10.3. The van der Waals surface area contributed by atoms with Gasteiger partial charge >= 0.3 is 17.9 Å². The largest absolute Gasteiger partial charge is 0.456 e. The van der Waals surface area contributed by atoms with Crippen LogP contribution >= 0.6 is 0 Å². The monoisotopic (exact) mass is 442 g/mol. The molecule has 0 amide bonds. The summed E-state index contributed by atoms with van der Waals surface area (Å²) in [5.74, 6) is -9.67. The maximum Gasteiger partial charge on any atom is 0.338 e. The van der Waals surface area contributed by atoms with E-state index in [1.165, 1.54) is 6.92 Å². The van der Waals surface area contributed by atoms with Crippen molar-refractivity contribution in [3.05, 3.63) is 0 Å². The summed E-state index contributed by atoms with van der Waals surface area (Å²) in [5.41, 5.74) is -7.42. The smallest absolute Gasteiger partial charge is 0.338 e. The van der Waals surface area contributed by atoms with E-state index in [-0.39, 0.29) is 0 Å². The quantitative estimate of drug-likeness (QED) is 0.308. The zero-order chi connectivity index (χ0) is 22.7. The summed E-state index contributed by atoms with van der Waals surface area (Å²) in [6, 6.07) is 0. The molecule has 2 spiro atoms. The van der Waals surface area contributed by atoms with Gasteiger partial charge in [0.2, 0.25) is 6.29 Å². The number of carbonyl (C=O) groups is 3. The lowest BCUT2D eigenvalue weighted by atomic mass is 9.52. The Labute approximate surface area is 175 Å². The molecule has 0 aromatic rings. The van der Waals surface area contributed by atoms with Gasteiger partial charge in [0.25, 0.3) is 5.79 Å². The maximum atomic E-state index is 16.2. The summed E-state index contributed by atoms with van der Waals surface area (Å²) >= 11 is 0. The molecule has 6 fully saturated rings. The first-order valence-corrected chi connectivity index (χ1v) is 10.3. The van der Waals surface area contributed by atoms with Crippen molar-refractivity contribution in [2.24, 2.45) is 34.0 Å². The van der Waals surface area contributed by atoms with E-state index < -0.39 is 94.1 Å².